The third-order valence-electron chi connectivity index (χ3n) is 4.74. The van der Waals surface area contributed by atoms with E-state index in [9.17, 15) is 4.79 Å². The molecule has 2 aromatic rings. The van der Waals surface area contributed by atoms with Crippen molar-refractivity contribution in [1.29, 1.82) is 0 Å². The van der Waals surface area contributed by atoms with Crippen LogP contribution in [0.3, 0.4) is 0 Å². The van der Waals surface area contributed by atoms with E-state index in [-0.39, 0.29) is 12.5 Å². The van der Waals surface area contributed by atoms with Crippen molar-refractivity contribution in [3.05, 3.63) is 48.4 Å². The number of amides is 1. The van der Waals surface area contributed by atoms with Gasteiger partial charge in [-0.25, -0.2) is 4.99 Å². The van der Waals surface area contributed by atoms with E-state index in [1.54, 1.807) is 19.4 Å². The number of hydrogen-bond donors (Lipinski definition) is 2. The Morgan fingerprint density at radius 2 is 2.00 bits per heavy atom. The molecule has 1 aromatic heterocycles. The number of nitrogens with zero attached hydrogens (tertiary/aromatic N) is 3. The van der Waals surface area contributed by atoms with Crippen LogP contribution in [0.5, 0.6) is 5.75 Å². The zero-order chi connectivity index (χ0) is 20.5. The van der Waals surface area contributed by atoms with Crippen LogP contribution in [-0.4, -0.2) is 63.1 Å². The van der Waals surface area contributed by atoms with Gasteiger partial charge in [-0.05, 0) is 31.2 Å². The number of rotatable bonds is 7. The van der Waals surface area contributed by atoms with Crippen LogP contribution in [0.25, 0.3) is 0 Å². The Bertz CT molecular complexity index is 798. The van der Waals surface area contributed by atoms with Gasteiger partial charge in [-0.1, -0.05) is 6.07 Å². The lowest BCUT2D eigenvalue weighted by molar-refractivity contribution is -0.119. The smallest absolute Gasteiger partial charge is 0.242 e. The van der Waals surface area contributed by atoms with E-state index >= 15 is 0 Å². The molecule has 0 unspecified atom stereocenters. The molecule has 1 aliphatic heterocycles. The van der Waals surface area contributed by atoms with Crippen molar-refractivity contribution in [2.24, 2.45) is 4.99 Å². The minimum atomic E-state index is -0.133. The van der Waals surface area contributed by atoms with Crippen molar-refractivity contribution in [3.63, 3.8) is 0 Å². The number of aliphatic imine (C=N–C) groups is 1. The van der Waals surface area contributed by atoms with Crippen molar-refractivity contribution in [3.8, 4) is 5.75 Å². The van der Waals surface area contributed by atoms with Crippen molar-refractivity contribution in [1.82, 2.24) is 15.5 Å². The highest BCUT2D eigenvalue weighted by Gasteiger charge is 2.20. The van der Waals surface area contributed by atoms with Gasteiger partial charge in [0.15, 0.2) is 5.96 Å². The monoisotopic (exact) mass is 399 g/mol. The van der Waals surface area contributed by atoms with Gasteiger partial charge < -0.3 is 29.6 Å². The summed E-state index contributed by atoms with van der Waals surface area (Å²) in [4.78, 5) is 21.1. The molecule has 8 heteroatoms. The van der Waals surface area contributed by atoms with Crippen LogP contribution >= 0.6 is 0 Å². The molecule has 8 nitrogen and oxygen atoms in total. The second-order valence-electron chi connectivity index (χ2n) is 6.70. The summed E-state index contributed by atoms with van der Waals surface area (Å²) in [5, 5.41) is 6.11. The van der Waals surface area contributed by atoms with E-state index in [1.807, 2.05) is 25.1 Å². The number of guanidine groups is 1. The molecule has 156 valence electrons. The SMILES string of the molecule is CCNC(=NCC(=O)NCc1ccco1)N1CCN(c2cccc(OC)c2)CC1. The Kier molecular flexibility index (Phi) is 7.38. The highest BCUT2D eigenvalue weighted by molar-refractivity contribution is 5.85. The van der Waals surface area contributed by atoms with Crippen molar-refractivity contribution < 1.29 is 13.9 Å². The largest absolute Gasteiger partial charge is 0.497 e. The number of hydrogen-bond acceptors (Lipinski definition) is 5. The predicted molar refractivity (Wildman–Crippen MR) is 113 cm³/mol. The van der Waals surface area contributed by atoms with Crippen LogP contribution in [0.2, 0.25) is 0 Å². The highest BCUT2D eigenvalue weighted by Crippen LogP contribution is 2.22. The summed E-state index contributed by atoms with van der Waals surface area (Å²) < 4.78 is 10.5. The van der Waals surface area contributed by atoms with Crippen LogP contribution in [0.4, 0.5) is 5.69 Å². The molecule has 1 saturated heterocycles. The van der Waals surface area contributed by atoms with Gasteiger partial charge in [0.1, 0.15) is 18.1 Å². The molecule has 0 spiro atoms. The molecular weight excluding hydrogens is 370 g/mol. The first-order valence-electron chi connectivity index (χ1n) is 9.91. The Hall–Kier alpha value is -3.16. The normalized spacial score (nSPS) is 14.6. The first-order chi connectivity index (χ1) is 14.2. The fraction of sp³-hybridized carbons (Fsp3) is 0.429. The van der Waals surface area contributed by atoms with Gasteiger partial charge in [0.25, 0.3) is 0 Å². The van der Waals surface area contributed by atoms with Crippen LogP contribution in [0, 0.1) is 0 Å². The minimum absolute atomic E-state index is 0.0825. The number of methoxy groups -OCH3 is 1. The number of piperazine rings is 1. The first kappa shape index (κ1) is 20.6. The topological polar surface area (TPSA) is 82.3 Å². The van der Waals surface area contributed by atoms with E-state index in [1.165, 1.54) is 0 Å². The summed E-state index contributed by atoms with van der Waals surface area (Å²) in [5.74, 6) is 2.22. The van der Waals surface area contributed by atoms with E-state index < -0.39 is 0 Å². The maximum absolute atomic E-state index is 12.1. The van der Waals surface area contributed by atoms with Crippen LogP contribution in [0.15, 0.2) is 52.1 Å². The fourth-order valence-electron chi connectivity index (χ4n) is 3.21. The lowest BCUT2D eigenvalue weighted by Gasteiger charge is -2.37. The van der Waals surface area contributed by atoms with E-state index in [0.29, 0.717) is 6.54 Å². The van der Waals surface area contributed by atoms with Gasteiger partial charge in [-0.15, -0.1) is 0 Å². The van der Waals surface area contributed by atoms with Gasteiger partial charge in [-0.2, -0.15) is 0 Å². The quantitative estimate of drug-likeness (QED) is 0.545. The Balaban J connectivity index is 1.52. The molecule has 0 aliphatic carbocycles. The zero-order valence-corrected chi connectivity index (χ0v) is 17.1. The summed E-state index contributed by atoms with van der Waals surface area (Å²) in [5.41, 5.74) is 1.16. The van der Waals surface area contributed by atoms with Crippen LogP contribution < -0.4 is 20.3 Å². The maximum Gasteiger partial charge on any atom is 0.242 e. The zero-order valence-electron chi connectivity index (χ0n) is 17.1. The van der Waals surface area contributed by atoms with Crippen LogP contribution in [0.1, 0.15) is 12.7 Å². The summed E-state index contributed by atoms with van der Waals surface area (Å²) in [6.07, 6.45) is 1.59. The van der Waals surface area contributed by atoms with Gasteiger partial charge in [0, 0.05) is 44.5 Å². The van der Waals surface area contributed by atoms with Gasteiger partial charge >= 0.3 is 0 Å². The lowest BCUT2D eigenvalue weighted by atomic mass is 10.2. The molecule has 0 atom stereocenters. The molecule has 29 heavy (non-hydrogen) atoms. The van der Waals surface area contributed by atoms with E-state index in [2.05, 4.69) is 37.6 Å². The molecule has 0 saturated carbocycles. The number of furan rings is 1. The van der Waals surface area contributed by atoms with Gasteiger partial charge in [-0.3, -0.25) is 4.79 Å². The minimum Gasteiger partial charge on any atom is -0.497 e. The number of nitrogens with one attached hydrogen (secondary N) is 2. The standard InChI is InChI=1S/C21H29N5O3/c1-3-22-21(24-16-20(27)23-15-19-8-5-13-29-19)26-11-9-25(10-12-26)17-6-4-7-18(14-17)28-2/h4-8,13-14H,3,9-12,15-16H2,1-2H3,(H,22,24)(H,23,27). The number of anilines is 1. The molecule has 1 aromatic carbocycles. The van der Waals surface area contributed by atoms with E-state index in [0.717, 1.165) is 55.9 Å². The molecule has 1 amide bonds. The number of ether oxygens (including phenoxy) is 1. The predicted octanol–water partition coefficient (Wildman–Crippen LogP) is 1.69. The molecule has 1 aliphatic rings. The summed E-state index contributed by atoms with van der Waals surface area (Å²) >= 11 is 0. The average molecular weight is 399 g/mol. The molecule has 0 bridgehead atoms. The molecular formula is C21H29N5O3. The molecule has 3 rings (SSSR count). The molecule has 2 heterocycles. The number of benzene rings is 1. The van der Waals surface area contributed by atoms with Crippen LogP contribution in [-0.2, 0) is 11.3 Å². The number of carbonyl (C=O) groups excluding carboxylic acids is 1. The van der Waals surface area contributed by atoms with Crippen molar-refractivity contribution >= 4 is 17.6 Å². The first-order valence-corrected chi connectivity index (χ1v) is 9.91. The van der Waals surface area contributed by atoms with Gasteiger partial charge in [0.05, 0.1) is 19.9 Å². The number of carbonyl (C=O) groups is 1. The maximum atomic E-state index is 12.1. The Morgan fingerprint density at radius 3 is 2.69 bits per heavy atom. The highest BCUT2D eigenvalue weighted by atomic mass is 16.5. The van der Waals surface area contributed by atoms with Crippen molar-refractivity contribution in [2.45, 2.75) is 13.5 Å². The van der Waals surface area contributed by atoms with E-state index in [4.69, 9.17) is 9.15 Å². The summed E-state index contributed by atoms with van der Waals surface area (Å²) in [6, 6.07) is 11.7. The Labute approximate surface area is 171 Å². The second-order valence-corrected chi connectivity index (χ2v) is 6.70. The van der Waals surface area contributed by atoms with Gasteiger partial charge in [0.2, 0.25) is 5.91 Å². The summed E-state index contributed by atoms with van der Waals surface area (Å²) in [6.45, 7) is 6.65. The summed E-state index contributed by atoms with van der Waals surface area (Å²) in [7, 11) is 1.68. The molecule has 0 radical (unpaired) electrons. The fourth-order valence-corrected chi connectivity index (χ4v) is 3.21. The Morgan fingerprint density at radius 1 is 1.17 bits per heavy atom. The molecule has 1 fully saturated rings. The van der Waals surface area contributed by atoms with Crippen molar-refractivity contribution in [2.75, 3.05) is 51.3 Å². The lowest BCUT2D eigenvalue weighted by Crippen LogP contribution is -2.52. The second kappa shape index (κ2) is 10.4. The third kappa shape index (κ3) is 5.91. The third-order valence-corrected chi connectivity index (χ3v) is 4.74. The average Bonchev–Trinajstić information content (AvgIpc) is 3.29. The molecule has 2 N–H and O–H groups in total.